The molecule has 3 fully saturated rings. The summed E-state index contributed by atoms with van der Waals surface area (Å²) < 4.78 is 46.6. The molecule has 2 aromatic carbocycles. The van der Waals surface area contributed by atoms with Gasteiger partial charge in [0, 0.05) is 29.9 Å². The second-order valence-electron chi connectivity index (χ2n) is 16.2. The summed E-state index contributed by atoms with van der Waals surface area (Å²) in [6, 6.07) is 7.76. The average Bonchev–Trinajstić information content (AvgIpc) is 3.83. The van der Waals surface area contributed by atoms with Crippen molar-refractivity contribution in [1.82, 2.24) is 30.4 Å². The minimum absolute atomic E-state index is 0.00664. The van der Waals surface area contributed by atoms with E-state index in [2.05, 4.69) is 30.8 Å². The number of carbonyl (C=O) groups is 6. The van der Waals surface area contributed by atoms with Gasteiger partial charge in [-0.1, -0.05) is 44.2 Å². The van der Waals surface area contributed by atoms with Gasteiger partial charge in [0.1, 0.15) is 23.1 Å². The monoisotopic (exact) mass is 901 g/mol. The SMILES string of the molecule is O=C(CN1CCC(SCc2nc3cc(NC4CCCC4)cc(F)c3c(=O)[nH]2)CC1)NCCCCCCCc1cccc2c1C(=O)N(C1CCC(=O)NC1=O)C2=O.O=C(O)C(F)(F)F. The summed E-state index contributed by atoms with van der Waals surface area (Å²) >= 11 is 1.74. The van der Waals surface area contributed by atoms with Gasteiger partial charge in [-0.25, -0.2) is 14.2 Å². The Morgan fingerprint density at radius 1 is 0.921 bits per heavy atom. The molecule has 5 amide bonds. The van der Waals surface area contributed by atoms with Crippen LogP contribution in [0.3, 0.4) is 0 Å². The number of anilines is 1. The molecule has 340 valence electrons. The number of nitrogens with one attached hydrogen (secondary N) is 4. The summed E-state index contributed by atoms with van der Waals surface area (Å²) in [5.74, 6) is -4.20. The highest BCUT2D eigenvalue weighted by atomic mass is 32.2. The Morgan fingerprint density at radius 2 is 1.62 bits per heavy atom. The molecule has 3 aliphatic heterocycles. The molecule has 1 aliphatic carbocycles. The van der Waals surface area contributed by atoms with Crippen LogP contribution in [0, 0.1) is 5.82 Å². The Hall–Kier alpha value is -5.37. The van der Waals surface area contributed by atoms with Crippen molar-refractivity contribution in [3.63, 3.8) is 0 Å². The number of carbonyl (C=O) groups excluding carboxylic acids is 5. The van der Waals surface area contributed by atoms with Crippen molar-refractivity contribution in [2.75, 3.05) is 31.5 Å². The van der Waals surface area contributed by atoms with Gasteiger partial charge in [-0.3, -0.25) is 43.9 Å². The highest BCUT2D eigenvalue weighted by Gasteiger charge is 2.45. The molecule has 2 saturated heterocycles. The summed E-state index contributed by atoms with van der Waals surface area (Å²) in [6.07, 6.45) is 6.66. The van der Waals surface area contributed by atoms with Crippen molar-refractivity contribution < 1.29 is 51.4 Å². The van der Waals surface area contributed by atoms with Crippen LogP contribution >= 0.6 is 11.8 Å². The van der Waals surface area contributed by atoms with Gasteiger partial charge >= 0.3 is 12.1 Å². The smallest absolute Gasteiger partial charge is 0.475 e. The lowest BCUT2D eigenvalue weighted by Crippen LogP contribution is -2.54. The van der Waals surface area contributed by atoms with Crippen LogP contribution in [-0.4, -0.2) is 110 Å². The highest BCUT2D eigenvalue weighted by molar-refractivity contribution is 7.99. The largest absolute Gasteiger partial charge is 0.490 e. The third-order valence-corrected chi connectivity index (χ3v) is 13.0. The van der Waals surface area contributed by atoms with Gasteiger partial charge in [-0.2, -0.15) is 24.9 Å². The highest BCUT2D eigenvalue weighted by Crippen LogP contribution is 2.31. The number of fused-ring (bicyclic) bond motifs is 2. The first kappa shape index (κ1) is 47.1. The molecular weight excluding hydrogens is 851 g/mol. The number of piperidine rings is 2. The quantitative estimate of drug-likeness (QED) is 0.0690. The number of alkyl halides is 3. The minimum atomic E-state index is -5.08. The predicted octanol–water partition coefficient (Wildman–Crippen LogP) is 5.46. The van der Waals surface area contributed by atoms with E-state index in [-0.39, 0.29) is 24.1 Å². The van der Waals surface area contributed by atoms with Gasteiger partial charge in [0.05, 0.1) is 28.9 Å². The first-order valence-corrected chi connectivity index (χ1v) is 22.4. The lowest BCUT2D eigenvalue weighted by Gasteiger charge is -2.31. The van der Waals surface area contributed by atoms with Crippen LogP contribution in [0.2, 0.25) is 0 Å². The number of carboxylic acids is 1. The molecule has 5 N–H and O–H groups in total. The zero-order valence-electron chi connectivity index (χ0n) is 34.6. The number of nitrogens with zero attached hydrogens (tertiary/aromatic N) is 3. The lowest BCUT2D eigenvalue weighted by atomic mass is 9.97. The van der Waals surface area contributed by atoms with Crippen LogP contribution in [0.25, 0.3) is 10.9 Å². The second kappa shape index (κ2) is 21.3. The lowest BCUT2D eigenvalue weighted by molar-refractivity contribution is -0.192. The fourth-order valence-electron chi connectivity index (χ4n) is 8.41. The van der Waals surface area contributed by atoms with E-state index in [1.54, 1.807) is 30.0 Å². The summed E-state index contributed by atoms with van der Waals surface area (Å²) in [5, 5.41) is 16.2. The number of aryl methyl sites for hydroxylation is 1. The van der Waals surface area contributed by atoms with Crippen LogP contribution in [0.5, 0.6) is 0 Å². The fraction of sp³-hybridized carbons (Fsp3) is 0.535. The number of aromatic amines is 1. The Bertz CT molecular complexity index is 2260. The van der Waals surface area contributed by atoms with Crippen LogP contribution in [-0.2, 0) is 31.4 Å². The first-order chi connectivity index (χ1) is 30.1. The van der Waals surface area contributed by atoms with Crippen molar-refractivity contribution in [3.05, 3.63) is 69.0 Å². The van der Waals surface area contributed by atoms with Gasteiger partial charge < -0.3 is 20.7 Å². The molecule has 15 nitrogen and oxygen atoms in total. The molecule has 4 heterocycles. The number of thioether (sulfide) groups is 1. The van der Waals surface area contributed by atoms with Crippen LogP contribution in [0.1, 0.15) is 116 Å². The Kier molecular flexibility index (Phi) is 16.0. The molecule has 1 aromatic heterocycles. The number of benzene rings is 2. The zero-order chi connectivity index (χ0) is 45.3. The van der Waals surface area contributed by atoms with Crippen LogP contribution in [0.4, 0.5) is 23.2 Å². The fourth-order valence-corrected chi connectivity index (χ4v) is 9.49. The van der Waals surface area contributed by atoms with Crippen molar-refractivity contribution in [2.45, 2.75) is 119 Å². The van der Waals surface area contributed by atoms with Gasteiger partial charge in [-0.15, -0.1) is 0 Å². The maximum atomic E-state index is 14.9. The summed E-state index contributed by atoms with van der Waals surface area (Å²) in [5.41, 5.74) is 2.05. The topological polar surface area (TPSA) is 211 Å². The predicted molar refractivity (Wildman–Crippen MR) is 226 cm³/mol. The molecule has 4 aliphatic rings. The van der Waals surface area contributed by atoms with Gasteiger partial charge in [-0.05, 0) is 88.2 Å². The molecule has 0 spiro atoms. The van der Waals surface area contributed by atoms with E-state index in [0.717, 1.165) is 81.3 Å². The Morgan fingerprint density at radius 3 is 2.32 bits per heavy atom. The van der Waals surface area contributed by atoms with Gasteiger partial charge in [0.2, 0.25) is 17.7 Å². The maximum Gasteiger partial charge on any atom is 0.490 e. The molecule has 1 saturated carbocycles. The number of unbranched alkanes of at least 4 members (excludes halogenated alkanes) is 4. The molecule has 0 bridgehead atoms. The molecule has 1 atom stereocenters. The van der Waals surface area contributed by atoms with Crippen LogP contribution in [0.15, 0.2) is 35.1 Å². The zero-order valence-corrected chi connectivity index (χ0v) is 35.4. The number of halogens is 4. The van der Waals surface area contributed by atoms with Gasteiger partial charge in [0.15, 0.2) is 0 Å². The van der Waals surface area contributed by atoms with Crippen molar-refractivity contribution in [2.24, 2.45) is 0 Å². The molecule has 7 rings (SSSR count). The molecule has 3 aromatic rings. The number of rotatable bonds is 16. The van der Waals surface area contributed by atoms with E-state index in [0.29, 0.717) is 64.7 Å². The van der Waals surface area contributed by atoms with E-state index in [9.17, 15) is 46.3 Å². The third kappa shape index (κ3) is 12.4. The van der Waals surface area contributed by atoms with Crippen molar-refractivity contribution in [3.8, 4) is 0 Å². The van der Waals surface area contributed by atoms with Crippen LogP contribution < -0.4 is 21.5 Å². The number of carboxylic acid groups (broad SMARTS) is 1. The van der Waals surface area contributed by atoms with E-state index in [1.807, 2.05) is 6.07 Å². The number of hydrogen-bond donors (Lipinski definition) is 5. The summed E-state index contributed by atoms with van der Waals surface area (Å²) in [6.45, 7) is 2.60. The van der Waals surface area contributed by atoms with E-state index in [4.69, 9.17) is 9.90 Å². The molecular formula is C43H51F4N7O8S. The molecule has 63 heavy (non-hydrogen) atoms. The van der Waals surface area contributed by atoms with E-state index in [1.165, 1.54) is 18.9 Å². The summed E-state index contributed by atoms with van der Waals surface area (Å²) in [4.78, 5) is 95.2. The van der Waals surface area contributed by atoms with E-state index >= 15 is 0 Å². The Balaban J connectivity index is 0.000000871. The van der Waals surface area contributed by atoms with E-state index < -0.39 is 53.2 Å². The Labute approximate surface area is 364 Å². The number of imide groups is 2. The number of H-pyrrole nitrogens is 1. The number of amides is 5. The third-order valence-electron chi connectivity index (χ3n) is 11.6. The second-order valence-corrected chi connectivity index (χ2v) is 17.5. The molecule has 0 radical (unpaired) electrons. The average molecular weight is 902 g/mol. The van der Waals surface area contributed by atoms with Crippen molar-refractivity contribution in [1.29, 1.82) is 0 Å². The standard InChI is InChI=1S/C41H50FN7O6S.C2HF3O2/c42-30-21-27(44-26-11-5-6-12-26)22-31-37(30)39(53)46-33(45-31)24-56-28-16-19-48(20-17-28)23-35(51)43-18-7-3-1-2-4-9-25-10-8-13-29-36(25)41(55)49(40(29)54)32-14-15-34(50)47-38(32)52;3-2(4,5)1(6)7/h8,10,13,21-22,26,28,32,44H,1-7,9,11-12,14-20,23-24H2,(H,43,51)(H,45,46,53)(H,47,50,52);(H,6,7). The number of hydrogen-bond acceptors (Lipinski definition) is 11. The summed E-state index contributed by atoms with van der Waals surface area (Å²) in [7, 11) is 0. The van der Waals surface area contributed by atoms with Gasteiger partial charge in [0.25, 0.3) is 17.4 Å². The number of aliphatic carboxylic acids is 1. The van der Waals surface area contributed by atoms with Crippen molar-refractivity contribution >= 4 is 63.9 Å². The number of aromatic nitrogens is 2. The molecule has 1 unspecified atom stereocenters. The number of likely N-dealkylation sites (tertiary alicyclic amines) is 1. The molecule has 20 heteroatoms. The minimum Gasteiger partial charge on any atom is -0.475 e. The maximum absolute atomic E-state index is 14.9. The first-order valence-electron chi connectivity index (χ1n) is 21.3. The normalized spacial score (nSPS) is 18.6.